The van der Waals surface area contributed by atoms with Gasteiger partial charge in [0, 0.05) is 0 Å². The maximum Gasteiger partial charge on any atom is 0.335 e. The number of carboxylic acid groups (broad SMARTS) is 1. The van der Waals surface area contributed by atoms with Gasteiger partial charge in [0.15, 0.2) is 0 Å². The van der Waals surface area contributed by atoms with Crippen LogP contribution in [0.15, 0.2) is 24.3 Å². The van der Waals surface area contributed by atoms with Gasteiger partial charge in [-0.15, -0.1) is 12.4 Å². The molecule has 0 bridgehead atoms. The Morgan fingerprint density at radius 1 is 1.33 bits per heavy atom. The Labute approximate surface area is 115 Å². The molecule has 0 spiro atoms. The molecule has 1 atom stereocenters. The average molecular weight is 273 g/mol. The Hall–Kier alpha value is -1.22. The first-order chi connectivity index (χ1) is 8.13. The van der Waals surface area contributed by atoms with Crippen LogP contribution in [0.25, 0.3) is 0 Å². The van der Waals surface area contributed by atoms with E-state index < -0.39 is 5.97 Å². The largest absolute Gasteiger partial charge is 0.494 e. The third-order valence-electron chi connectivity index (χ3n) is 2.91. The lowest BCUT2D eigenvalue weighted by Gasteiger charge is -2.09. The molecule has 1 unspecified atom stereocenters. The van der Waals surface area contributed by atoms with Crippen LogP contribution in [0.2, 0.25) is 0 Å². The highest BCUT2D eigenvalue weighted by molar-refractivity contribution is 5.87. The standard InChI is InChI=1S/C14H20O3.ClH/c1-3-11(2)5-4-10-17-13-8-6-12(7-9-13)14(15)16;/h6-9,11H,3-5,10H2,1-2H3,(H,15,16);1H. The Morgan fingerprint density at radius 3 is 2.44 bits per heavy atom. The minimum absolute atomic E-state index is 0. The smallest absolute Gasteiger partial charge is 0.335 e. The monoisotopic (exact) mass is 272 g/mol. The second-order valence-corrected chi connectivity index (χ2v) is 4.33. The van der Waals surface area contributed by atoms with Gasteiger partial charge >= 0.3 is 5.97 Å². The van der Waals surface area contributed by atoms with Gasteiger partial charge in [0.2, 0.25) is 0 Å². The number of carbonyl (C=O) groups is 1. The van der Waals surface area contributed by atoms with Gasteiger partial charge in [0.05, 0.1) is 12.2 Å². The molecule has 0 aliphatic heterocycles. The number of rotatable bonds is 7. The molecule has 0 fully saturated rings. The van der Waals surface area contributed by atoms with E-state index in [1.165, 1.54) is 12.8 Å². The molecule has 1 rings (SSSR count). The van der Waals surface area contributed by atoms with E-state index in [1.54, 1.807) is 24.3 Å². The number of benzene rings is 1. The summed E-state index contributed by atoms with van der Waals surface area (Å²) in [6.45, 7) is 5.12. The van der Waals surface area contributed by atoms with Gasteiger partial charge in [0.1, 0.15) is 5.75 Å². The number of hydrogen-bond donors (Lipinski definition) is 1. The van der Waals surface area contributed by atoms with Crippen molar-refractivity contribution in [1.82, 2.24) is 0 Å². The highest BCUT2D eigenvalue weighted by atomic mass is 35.5. The van der Waals surface area contributed by atoms with Crippen LogP contribution in [0.4, 0.5) is 0 Å². The summed E-state index contributed by atoms with van der Waals surface area (Å²) < 4.78 is 5.54. The summed E-state index contributed by atoms with van der Waals surface area (Å²) >= 11 is 0. The summed E-state index contributed by atoms with van der Waals surface area (Å²) in [4.78, 5) is 10.6. The lowest BCUT2D eigenvalue weighted by Crippen LogP contribution is -2.01. The number of aromatic carboxylic acids is 1. The van der Waals surface area contributed by atoms with Crippen LogP contribution >= 0.6 is 12.4 Å². The summed E-state index contributed by atoms with van der Waals surface area (Å²) in [6, 6.07) is 6.53. The fourth-order valence-electron chi connectivity index (χ4n) is 1.52. The van der Waals surface area contributed by atoms with E-state index >= 15 is 0 Å². The third kappa shape index (κ3) is 5.92. The zero-order valence-corrected chi connectivity index (χ0v) is 11.7. The van der Waals surface area contributed by atoms with Crippen molar-refractivity contribution >= 4 is 18.4 Å². The molecule has 0 amide bonds. The molecule has 3 nitrogen and oxygen atoms in total. The number of ether oxygens (including phenoxy) is 1. The summed E-state index contributed by atoms with van der Waals surface area (Å²) in [7, 11) is 0. The van der Waals surface area contributed by atoms with Crippen LogP contribution in [0, 0.1) is 5.92 Å². The van der Waals surface area contributed by atoms with E-state index in [4.69, 9.17) is 9.84 Å². The van der Waals surface area contributed by atoms with Gasteiger partial charge in [-0.05, 0) is 43.0 Å². The molecule has 1 aromatic rings. The zero-order chi connectivity index (χ0) is 12.7. The Bertz CT molecular complexity index is 349. The fourth-order valence-corrected chi connectivity index (χ4v) is 1.52. The van der Waals surface area contributed by atoms with Crippen LogP contribution in [0.3, 0.4) is 0 Å². The van der Waals surface area contributed by atoms with E-state index in [0.29, 0.717) is 6.61 Å². The minimum atomic E-state index is -0.909. The molecule has 0 aliphatic carbocycles. The second kappa shape index (κ2) is 8.81. The van der Waals surface area contributed by atoms with E-state index in [1.807, 2.05) is 0 Å². The summed E-state index contributed by atoms with van der Waals surface area (Å²) in [5, 5.41) is 8.74. The maximum absolute atomic E-state index is 10.6. The molecule has 4 heteroatoms. The lowest BCUT2D eigenvalue weighted by atomic mass is 10.0. The Kier molecular flexibility index (Phi) is 8.21. The average Bonchev–Trinajstić information content (AvgIpc) is 2.34. The van der Waals surface area contributed by atoms with Gasteiger partial charge in [-0.2, -0.15) is 0 Å². The molecule has 1 aromatic carbocycles. The normalized spacial score (nSPS) is 11.4. The predicted molar refractivity (Wildman–Crippen MR) is 74.8 cm³/mol. The maximum atomic E-state index is 10.6. The molecule has 1 N–H and O–H groups in total. The third-order valence-corrected chi connectivity index (χ3v) is 2.91. The zero-order valence-electron chi connectivity index (χ0n) is 10.9. The second-order valence-electron chi connectivity index (χ2n) is 4.33. The molecular weight excluding hydrogens is 252 g/mol. The topological polar surface area (TPSA) is 46.5 Å². The predicted octanol–water partition coefficient (Wildman–Crippen LogP) is 4.01. The van der Waals surface area contributed by atoms with E-state index in [0.717, 1.165) is 18.1 Å². The van der Waals surface area contributed by atoms with Crippen molar-refractivity contribution in [3.05, 3.63) is 29.8 Å². The van der Waals surface area contributed by atoms with Crippen LogP contribution in [-0.4, -0.2) is 17.7 Å². The first kappa shape index (κ1) is 16.8. The summed E-state index contributed by atoms with van der Waals surface area (Å²) in [6.07, 6.45) is 3.41. The van der Waals surface area contributed by atoms with Crippen LogP contribution < -0.4 is 4.74 Å². The van der Waals surface area contributed by atoms with Crippen molar-refractivity contribution in [2.75, 3.05) is 6.61 Å². The van der Waals surface area contributed by atoms with Crippen LogP contribution in [0.1, 0.15) is 43.5 Å². The van der Waals surface area contributed by atoms with Crippen LogP contribution in [-0.2, 0) is 0 Å². The molecule has 0 aliphatic rings. The molecule has 0 saturated heterocycles. The van der Waals surface area contributed by atoms with Gasteiger partial charge in [-0.3, -0.25) is 0 Å². The molecule has 0 heterocycles. The van der Waals surface area contributed by atoms with Gasteiger partial charge in [-0.1, -0.05) is 20.3 Å². The summed E-state index contributed by atoms with van der Waals surface area (Å²) in [5.41, 5.74) is 0.289. The highest BCUT2D eigenvalue weighted by Crippen LogP contribution is 2.14. The van der Waals surface area contributed by atoms with Crippen molar-refractivity contribution < 1.29 is 14.6 Å². The molecule has 0 aromatic heterocycles. The van der Waals surface area contributed by atoms with Crippen molar-refractivity contribution in [2.24, 2.45) is 5.92 Å². The van der Waals surface area contributed by atoms with Crippen molar-refractivity contribution in [1.29, 1.82) is 0 Å². The van der Waals surface area contributed by atoms with Gasteiger partial charge in [-0.25, -0.2) is 4.79 Å². The highest BCUT2D eigenvalue weighted by Gasteiger charge is 2.02. The molecular formula is C14H21ClO3. The number of carboxylic acids is 1. The van der Waals surface area contributed by atoms with E-state index in [-0.39, 0.29) is 18.0 Å². The summed E-state index contributed by atoms with van der Waals surface area (Å²) in [5.74, 6) is 0.570. The minimum Gasteiger partial charge on any atom is -0.494 e. The fraction of sp³-hybridized carbons (Fsp3) is 0.500. The van der Waals surface area contributed by atoms with E-state index in [2.05, 4.69) is 13.8 Å². The molecule has 0 saturated carbocycles. The number of hydrogen-bond acceptors (Lipinski definition) is 2. The van der Waals surface area contributed by atoms with Crippen molar-refractivity contribution in [3.8, 4) is 5.75 Å². The van der Waals surface area contributed by atoms with Gasteiger partial charge in [0.25, 0.3) is 0 Å². The number of halogens is 1. The molecule has 18 heavy (non-hydrogen) atoms. The Balaban J connectivity index is 0.00000289. The SMILES string of the molecule is CCC(C)CCCOc1ccc(C(=O)O)cc1.Cl. The van der Waals surface area contributed by atoms with E-state index in [9.17, 15) is 4.79 Å². The lowest BCUT2D eigenvalue weighted by molar-refractivity contribution is 0.0697. The van der Waals surface area contributed by atoms with Crippen LogP contribution in [0.5, 0.6) is 5.75 Å². The molecule has 102 valence electrons. The first-order valence-electron chi connectivity index (χ1n) is 6.09. The molecule has 0 radical (unpaired) electrons. The quantitative estimate of drug-likeness (QED) is 0.763. The first-order valence-corrected chi connectivity index (χ1v) is 6.09. The Morgan fingerprint density at radius 2 is 1.94 bits per heavy atom. The van der Waals surface area contributed by atoms with Gasteiger partial charge < -0.3 is 9.84 Å². The van der Waals surface area contributed by atoms with Crippen molar-refractivity contribution in [3.63, 3.8) is 0 Å². The van der Waals surface area contributed by atoms with Crippen molar-refractivity contribution in [2.45, 2.75) is 33.1 Å².